The number of aliphatic hydroxyl groups is 1. The fourth-order valence-corrected chi connectivity index (χ4v) is 4.35. The first-order valence-corrected chi connectivity index (χ1v) is 10.1. The third-order valence-corrected chi connectivity index (χ3v) is 5.76. The van der Waals surface area contributed by atoms with Crippen LogP contribution in [0, 0.1) is 0 Å². The van der Waals surface area contributed by atoms with E-state index in [1.54, 1.807) is 6.08 Å². The topological polar surface area (TPSA) is 52.6 Å². The van der Waals surface area contributed by atoms with Gasteiger partial charge in [-0.25, -0.2) is 0 Å². The number of amides is 1. The normalized spacial score (nSPS) is 20.7. The molecule has 2 N–H and O–H groups in total. The Kier molecular flexibility index (Phi) is 4.66. The fraction of sp³-hybridized carbons (Fsp3) is 0.0800. The number of anilines is 1. The third-order valence-electron chi connectivity index (χ3n) is 5.50. The van der Waals surface area contributed by atoms with Gasteiger partial charge in [-0.3, -0.25) is 4.79 Å². The Hall–Kier alpha value is -3.34. The summed E-state index contributed by atoms with van der Waals surface area (Å²) >= 11 is 6.11. The molecule has 0 saturated carbocycles. The van der Waals surface area contributed by atoms with Crippen molar-refractivity contribution in [3.63, 3.8) is 0 Å². The Morgan fingerprint density at radius 3 is 2.17 bits per heavy atom. The highest BCUT2D eigenvalue weighted by atomic mass is 35.5. The van der Waals surface area contributed by atoms with Crippen molar-refractivity contribution in [2.24, 2.45) is 0 Å². The van der Waals surface area contributed by atoms with Gasteiger partial charge in [-0.15, -0.1) is 0 Å². The van der Waals surface area contributed by atoms with Crippen molar-refractivity contribution < 1.29 is 9.90 Å². The number of fused-ring (bicyclic) bond motifs is 1. The molecule has 3 aromatic carbocycles. The molecule has 0 aromatic heterocycles. The molecule has 30 heavy (non-hydrogen) atoms. The first-order valence-electron chi connectivity index (χ1n) is 9.74. The standard InChI is InChI=1S/C25H19ClN2O2/c26-18-11-13-19(14-12-18)28-20-15-21(29)27-23(20)22(16-7-3-1-4-8-16)25(30)24(28)17-9-5-2-6-10-17/h1-15,24-25,30H,(H,27,29)/t24-,25+/m0/s1. The number of aliphatic hydroxyl groups excluding tert-OH is 1. The van der Waals surface area contributed by atoms with Gasteiger partial charge in [0.2, 0.25) is 0 Å². The van der Waals surface area contributed by atoms with E-state index in [1.807, 2.05) is 89.8 Å². The maximum absolute atomic E-state index is 12.4. The molecule has 2 heterocycles. The summed E-state index contributed by atoms with van der Waals surface area (Å²) < 4.78 is 0. The summed E-state index contributed by atoms with van der Waals surface area (Å²) in [6.07, 6.45) is 0.727. The molecule has 1 amide bonds. The highest BCUT2D eigenvalue weighted by molar-refractivity contribution is 6.30. The second-order valence-corrected chi connectivity index (χ2v) is 7.76. The van der Waals surface area contributed by atoms with Gasteiger partial charge < -0.3 is 15.3 Å². The van der Waals surface area contributed by atoms with Gasteiger partial charge in [0.25, 0.3) is 5.91 Å². The summed E-state index contributed by atoms with van der Waals surface area (Å²) in [7, 11) is 0. The van der Waals surface area contributed by atoms with Gasteiger partial charge in [0.15, 0.2) is 0 Å². The highest BCUT2D eigenvalue weighted by Crippen LogP contribution is 2.46. The van der Waals surface area contributed by atoms with Crippen LogP contribution in [-0.2, 0) is 4.79 Å². The van der Waals surface area contributed by atoms with E-state index in [0.717, 1.165) is 22.5 Å². The molecule has 0 aliphatic carbocycles. The molecular formula is C25H19ClN2O2. The number of hydrogen-bond acceptors (Lipinski definition) is 3. The predicted molar refractivity (Wildman–Crippen MR) is 119 cm³/mol. The Morgan fingerprint density at radius 2 is 1.50 bits per heavy atom. The van der Waals surface area contributed by atoms with Crippen LogP contribution in [0.15, 0.2) is 102 Å². The zero-order chi connectivity index (χ0) is 20.7. The first-order chi connectivity index (χ1) is 14.6. The van der Waals surface area contributed by atoms with Crippen molar-refractivity contribution in [1.82, 2.24) is 5.32 Å². The Labute approximate surface area is 179 Å². The third kappa shape index (κ3) is 3.11. The Bertz CT molecular complexity index is 1150. The number of carbonyl (C=O) groups excluding carboxylic acids is 1. The van der Waals surface area contributed by atoms with Crippen LogP contribution in [0.1, 0.15) is 17.2 Å². The minimum atomic E-state index is -0.865. The van der Waals surface area contributed by atoms with E-state index in [-0.39, 0.29) is 5.91 Å². The number of benzene rings is 3. The zero-order valence-electron chi connectivity index (χ0n) is 16.0. The molecular weight excluding hydrogens is 396 g/mol. The molecule has 0 bridgehead atoms. The van der Waals surface area contributed by atoms with Gasteiger partial charge in [0.1, 0.15) is 6.10 Å². The second-order valence-electron chi connectivity index (χ2n) is 7.32. The van der Waals surface area contributed by atoms with Crippen molar-refractivity contribution in [3.8, 4) is 0 Å². The van der Waals surface area contributed by atoms with Crippen LogP contribution in [0.25, 0.3) is 5.57 Å². The highest BCUT2D eigenvalue weighted by Gasteiger charge is 2.43. The van der Waals surface area contributed by atoms with Crippen molar-refractivity contribution >= 4 is 28.8 Å². The van der Waals surface area contributed by atoms with E-state index in [9.17, 15) is 9.90 Å². The molecule has 4 nitrogen and oxygen atoms in total. The van der Waals surface area contributed by atoms with Crippen LogP contribution < -0.4 is 10.2 Å². The molecule has 148 valence electrons. The lowest BCUT2D eigenvalue weighted by Crippen LogP contribution is -2.42. The van der Waals surface area contributed by atoms with Crippen LogP contribution in [0.3, 0.4) is 0 Å². The quantitative estimate of drug-likeness (QED) is 0.653. The van der Waals surface area contributed by atoms with Gasteiger partial charge in [0.05, 0.1) is 17.4 Å². The minimum absolute atomic E-state index is 0.201. The summed E-state index contributed by atoms with van der Waals surface area (Å²) in [5.41, 5.74) is 4.77. The average Bonchev–Trinajstić information content (AvgIpc) is 3.15. The van der Waals surface area contributed by atoms with Gasteiger partial charge in [0, 0.05) is 22.4 Å². The summed E-state index contributed by atoms with van der Waals surface area (Å²) in [5.74, 6) is -0.201. The van der Waals surface area contributed by atoms with Crippen molar-refractivity contribution in [2.45, 2.75) is 12.1 Å². The maximum atomic E-state index is 12.4. The summed E-state index contributed by atoms with van der Waals surface area (Å²) in [5, 5.41) is 15.2. The van der Waals surface area contributed by atoms with E-state index >= 15 is 0 Å². The van der Waals surface area contributed by atoms with Gasteiger partial charge in [-0.05, 0) is 35.4 Å². The zero-order valence-corrected chi connectivity index (χ0v) is 16.8. The molecule has 0 unspecified atom stereocenters. The molecule has 2 atom stereocenters. The van der Waals surface area contributed by atoms with Gasteiger partial charge >= 0.3 is 0 Å². The van der Waals surface area contributed by atoms with E-state index < -0.39 is 12.1 Å². The number of carbonyl (C=O) groups is 1. The number of nitrogens with zero attached hydrogens (tertiary/aromatic N) is 1. The van der Waals surface area contributed by atoms with Gasteiger partial charge in [-0.2, -0.15) is 0 Å². The summed E-state index contributed by atoms with van der Waals surface area (Å²) in [4.78, 5) is 14.4. The summed E-state index contributed by atoms with van der Waals surface area (Å²) in [6.45, 7) is 0. The van der Waals surface area contributed by atoms with E-state index in [1.165, 1.54) is 0 Å². The maximum Gasteiger partial charge on any atom is 0.250 e. The molecule has 2 aliphatic heterocycles. The molecule has 3 aromatic rings. The van der Waals surface area contributed by atoms with Crippen molar-refractivity contribution in [3.05, 3.63) is 119 Å². The lowest BCUT2D eigenvalue weighted by molar-refractivity contribution is -0.115. The average molecular weight is 415 g/mol. The lowest BCUT2D eigenvalue weighted by Gasteiger charge is -2.43. The smallest absolute Gasteiger partial charge is 0.250 e. The molecule has 0 spiro atoms. The number of rotatable bonds is 3. The van der Waals surface area contributed by atoms with E-state index in [0.29, 0.717) is 16.3 Å². The van der Waals surface area contributed by atoms with Crippen LogP contribution in [0.2, 0.25) is 5.02 Å². The molecule has 2 aliphatic rings. The van der Waals surface area contributed by atoms with Crippen LogP contribution in [0.5, 0.6) is 0 Å². The van der Waals surface area contributed by atoms with Crippen molar-refractivity contribution in [2.75, 3.05) is 4.90 Å². The second kappa shape index (κ2) is 7.48. The van der Waals surface area contributed by atoms with E-state index in [2.05, 4.69) is 5.32 Å². The molecule has 5 heteroatoms. The van der Waals surface area contributed by atoms with Crippen molar-refractivity contribution in [1.29, 1.82) is 0 Å². The first kappa shape index (κ1) is 18.7. The summed E-state index contributed by atoms with van der Waals surface area (Å²) in [6, 6.07) is 26.6. The van der Waals surface area contributed by atoms with Gasteiger partial charge in [-0.1, -0.05) is 72.3 Å². The Balaban J connectivity index is 1.77. The van der Waals surface area contributed by atoms with Crippen LogP contribution in [0.4, 0.5) is 5.69 Å². The molecule has 5 rings (SSSR count). The number of nitrogens with one attached hydrogen (secondary N) is 1. The SMILES string of the molecule is O=C1C=C2C(=C(c3ccccc3)[C@@H](O)[C@H](c3ccccc3)N2c2ccc(Cl)cc2)N1. The Morgan fingerprint density at radius 1 is 0.867 bits per heavy atom. The lowest BCUT2D eigenvalue weighted by atomic mass is 9.84. The fourth-order valence-electron chi connectivity index (χ4n) is 4.23. The number of halogens is 1. The minimum Gasteiger partial charge on any atom is -0.386 e. The molecule has 0 saturated heterocycles. The largest absolute Gasteiger partial charge is 0.386 e. The predicted octanol–water partition coefficient (Wildman–Crippen LogP) is 4.69. The van der Waals surface area contributed by atoms with Crippen LogP contribution >= 0.6 is 11.6 Å². The molecule has 0 fully saturated rings. The molecule has 0 radical (unpaired) electrons. The monoisotopic (exact) mass is 414 g/mol. The van der Waals surface area contributed by atoms with Crippen LogP contribution in [-0.4, -0.2) is 17.1 Å². The van der Waals surface area contributed by atoms with E-state index in [4.69, 9.17) is 11.6 Å². The number of hydrogen-bond donors (Lipinski definition) is 2.